The van der Waals surface area contributed by atoms with Crippen LogP contribution in [0.25, 0.3) is 0 Å². The van der Waals surface area contributed by atoms with Gasteiger partial charge in [0.05, 0.1) is 6.04 Å². The molecule has 1 atom stereocenters. The van der Waals surface area contributed by atoms with Crippen molar-refractivity contribution in [1.29, 1.82) is 0 Å². The second-order valence-corrected chi connectivity index (χ2v) is 3.87. The van der Waals surface area contributed by atoms with E-state index in [9.17, 15) is 4.79 Å². The highest BCUT2D eigenvalue weighted by Gasteiger charge is 2.24. The Hall–Kier alpha value is -0.610. The van der Waals surface area contributed by atoms with Crippen LogP contribution in [0.2, 0.25) is 0 Å². The molecule has 82 valence electrons. The second kappa shape index (κ2) is 5.98. The van der Waals surface area contributed by atoms with E-state index in [4.69, 9.17) is 0 Å². The minimum Gasteiger partial charge on any atom is -0.344 e. The van der Waals surface area contributed by atoms with Gasteiger partial charge in [-0.3, -0.25) is 4.79 Å². The third-order valence-corrected chi connectivity index (χ3v) is 2.65. The van der Waals surface area contributed by atoms with Crippen molar-refractivity contribution in [3.63, 3.8) is 0 Å². The number of likely N-dealkylation sites (N-methyl/N-ethyl adjacent to an activating group) is 1. The predicted molar refractivity (Wildman–Crippen MR) is 57.2 cm³/mol. The van der Waals surface area contributed by atoms with Crippen molar-refractivity contribution in [2.45, 2.75) is 25.3 Å². The van der Waals surface area contributed by atoms with E-state index in [2.05, 4.69) is 10.6 Å². The Labute approximate surface area is 86.0 Å². The molecule has 0 aromatic carbocycles. The molecule has 1 saturated heterocycles. The van der Waals surface area contributed by atoms with Crippen LogP contribution in [0.1, 0.15) is 19.3 Å². The van der Waals surface area contributed by atoms with Crippen molar-refractivity contribution in [3.05, 3.63) is 0 Å². The molecule has 2 N–H and O–H groups in total. The van der Waals surface area contributed by atoms with Crippen LogP contribution in [0.15, 0.2) is 0 Å². The maximum atomic E-state index is 11.8. The predicted octanol–water partition coefficient (Wildman–Crippen LogP) is -0.194. The summed E-state index contributed by atoms with van der Waals surface area (Å²) in [4.78, 5) is 13.6. The van der Waals surface area contributed by atoms with Crippen LogP contribution < -0.4 is 10.6 Å². The number of nitrogens with one attached hydrogen (secondary N) is 2. The fraction of sp³-hybridized carbons (Fsp3) is 0.900. The van der Waals surface area contributed by atoms with Crippen LogP contribution in [0.5, 0.6) is 0 Å². The van der Waals surface area contributed by atoms with E-state index in [1.165, 1.54) is 0 Å². The van der Waals surface area contributed by atoms with Gasteiger partial charge in [-0.1, -0.05) is 0 Å². The zero-order chi connectivity index (χ0) is 10.4. The average molecular weight is 199 g/mol. The van der Waals surface area contributed by atoms with Crippen molar-refractivity contribution in [2.75, 3.05) is 33.7 Å². The highest BCUT2D eigenvalue weighted by atomic mass is 16.2. The SMILES string of the molecule is CNCCCN(C)C(=O)[C@H]1CCCN1. The molecule has 4 heteroatoms. The third-order valence-electron chi connectivity index (χ3n) is 2.65. The molecule has 1 heterocycles. The molecule has 0 bridgehead atoms. The number of hydrogen-bond acceptors (Lipinski definition) is 3. The Morgan fingerprint density at radius 1 is 1.64 bits per heavy atom. The first-order valence-corrected chi connectivity index (χ1v) is 5.38. The van der Waals surface area contributed by atoms with Crippen LogP contribution >= 0.6 is 0 Å². The maximum absolute atomic E-state index is 11.8. The van der Waals surface area contributed by atoms with Gasteiger partial charge in [-0.25, -0.2) is 0 Å². The second-order valence-electron chi connectivity index (χ2n) is 3.87. The van der Waals surface area contributed by atoms with E-state index < -0.39 is 0 Å². The molecule has 1 fully saturated rings. The van der Waals surface area contributed by atoms with Gasteiger partial charge in [0, 0.05) is 13.6 Å². The molecule has 0 unspecified atom stereocenters. The van der Waals surface area contributed by atoms with Gasteiger partial charge >= 0.3 is 0 Å². The molecule has 0 spiro atoms. The smallest absolute Gasteiger partial charge is 0.239 e. The largest absolute Gasteiger partial charge is 0.344 e. The maximum Gasteiger partial charge on any atom is 0.239 e. The molecule has 0 aromatic rings. The summed E-state index contributed by atoms with van der Waals surface area (Å²) in [5.74, 6) is 0.249. The molecular formula is C10H21N3O. The van der Waals surface area contributed by atoms with E-state index in [-0.39, 0.29) is 11.9 Å². The normalized spacial score (nSPS) is 21.1. The van der Waals surface area contributed by atoms with Gasteiger partial charge in [0.25, 0.3) is 0 Å². The number of rotatable bonds is 5. The van der Waals surface area contributed by atoms with E-state index in [0.29, 0.717) is 0 Å². The monoisotopic (exact) mass is 199 g/mol. The fourth-order valence-corrected chi connectivity index (χ4v) is 1.76. The summed E-state index contributed by atoms with van der Waals surface area (Å²) >= 11 is 0. The zero-order valence-corrected chi connectivity index (χ0v) is 9.18. The lowest BCUT2D eigenvalue weighted by Crippen LogP contribution is -2.42. The Morgan fingerprint density at radius 3 is 3.00 bits per heavy atom. The Kier molecular flexibility index (Phi) is 4.90. The Morgan fingerprint density at radius 2 is 2.43 bits per heavy atom. The average Bonchev–Trinajstić information content (AvgIpc) is 2.69. The van der Waals surface area contributed by atoms with Crippen LogP contribution in [-0.4, -0.2) is 50.6 Å². The molecule has 0 aromatic heterocycles. The molecule has 0 radical (unpaired) electrons. The van der Waals surface area contributed by atoms with Crippen molar-refractivity contribution in [2.24, 2.45) is 0 Å². The summed E-state index contributed by atoms with van der Waals surface area (Å²) in [5.41, 5.74) is 0. The van der Waals surface area contributed by atoms with Crippen molar-refractivity contribution >= 4 is 5.91 Å². The first-order valence-electron chi connectivity index (χ1n) is 5.38. The molecule has 1 amide bonds. The number of amides is 1. The summed E-state index contributed by atoms with van der Waals surface area (Å²) in [5, 5.41) is 6.30. The molecule has 4 nitrogen and oxygen atoms in total. The van der Waals surface area contributed by atoms with Gasteiger partial charge < -0.3 is 15.5 Å². The van der Waals surface area contributed by atoms with Crippen molar-refractivity contribution < 1.29 is 4.79 Å². The molecule has 1 rings (SSSR count). The zero-order valence-electron chi connectivity index (χ0n) is 9.18. The Balaban J connectivity index is 2.21. The summed E-state index contributed by atoms with van der Waals surface area (Å²) in [6.07, 6.45) is 3.14. The molecule has 0 saturated carbocycles. The fourth-order valence-electron chi connectivity index (χ4n) is 1.76. The molecule has 1 aliphatic rings. The van der Waals surface area contributed by atoms with Crippen LogP contribution in [0, 0.1) is 0 Å². The highest BCUT2D eigenvalue weighted by molar-refractivity contribution is 5.81. The number of nitrogens with zero attached hydrogens (tertiary/aromatic N) is 1. The summed E-state index contributed by atoms with van der Waals surface area (Å²) < 4.78 is 0. The number of carbonyl (C=O) groups excluding carboxylic acids is 1. The number of carbonyl (C=O) groups is 1. The van der Waals surface area contributed by atoms with Crippen LogP contribution in [0.4, 0.5) is 0 Å². The van der Waals surface area contributed by atoms with Gasteiger partial charge in [-0.2, -0.15) is 0 Å². The molecular weight excluding hydrogens is 178 g/mol. The first kappa shape index (κ1) is 11.5. The van der Waals surface area contributed by atoms with E-state index in [0.717, 1.165) is 38.9 Å². The molecule has 0 aliphatic carbocycles. The lowest BCUT2D eigenvalue weighted by atomic mass is 10.2. The van der Waals surface area contributed by atoms with E-state index >= 15 is 0 Å². The lowest BCUT2D eigenvalue weighted by molar-refractivity contribution is -0.131. The third kappa shape index (κ3) is 3.27. The summed E-state index contributed by atoms with van der Waals surface area (Å²) in [6, 6.07) is 0.0783. The van der Waals surface area contributed by atoms with Gasteiger partial charge in [0.15, 0.2) is 0 Å². The summed E-state index contributed by atoms with van der Waals surface area (Å²) in [7, 11) is 3.82. The van der Waals surface area contributed by atoms with Gasteiger partial charge in [-0.05, 0) is 39.4 Å². The first-order chi connectivity index (χ1) is 6.75. The van der Waals surface area contributed by atoms with E-state index in [1.807, 2.05) is 19.0 Å². The van der Waals surface area contributed by atoms with Gasteiger partial charge in [0.1, 0.15) is 0 Å². The highest BCUT2D eigenvalue weighted by Crippen LogP contribution is 2.07. The minimum absolute atomic E-state index is 0.0783. The lowest BCUT2D eigenvalue weighted by Gasteiger charge is -2.20. The van der Waals surface area contributed by atoms with Crippen LogP contribution in [-0.2, 0) is 4.79 Å². The van der Waals surface area contributed by atoms with E-state index in [1.54, 1.807) is 0 Å². The Bertz CT molecular complexity index is 178. The van der Waals surface area contributed by atoms with Gasteiger partial charge in [-0.15, -0.1) is 0 Å². The summed E-state index contributed by atoms with van der Waals surface area (Å²) in [6.45, 7) is 2.80. The molecule has 1 aliphatic heterocycles. The standard InChI is InChI=1S/C10H21N3O/c1-11-6-4-8-13(2)10(14)9-5-3-7-12-9/h9,11-12H,3-8H2,1-2H3/t9-/m1/s1. The molecule has 14 heavy (non-hydrogen) atoms. The van der Waals surface area contributed by atoms with Gasteiger partial charge in [0.2, 0.25) is 5.91 Å². The van der Waals surface area contributed by atoms with Crippen LogP contribution in [0.3, 0.4) is 0 Å². The topological polar surface area (TPSA) is 44.4 Å². The number of hydrogen-bond donors (Lipinski definition) is 2. The van der Waals surface area contributed by atoms with Crippen molar-refractivity contribution in [3.8, 4) is 0 Å². The quantitative estimate of drug-likeness (QED) is 0.603. The van der Waals surface area contributed by atoms with Crippen molar-refractivity contribution in [1.82, 2.24) is 15.5 Å². The minimum atomic E-state index is 0.0783.